The van der Waals surface area contributed by atoms with E-state index in [1.165, 1.54) is 88.9 Å². The molecule has 2 aliphatic rings. The van der Waals surface area contributed by atoms with Crippen molar-refractivity contribution in [2.45, 2.75) is 44.4 Å². The Labute approximate surface area is 144 Å². The Kier molecular flexibility index (Phi) is 5.14. The summed E-state index contributed by atoms with van der Waals surface area (Å²) in [5, 5.41) is 5.58. The summed E-state index contributed by atoms with van der Waals surface area (Å²) in [5.41, 5.74) is 2.11. The number of hydrogen-bond acceptors (Lipinski definition) is 4. The number of rotatable bonds is 5. The van der Waals surface area contributed by atoms with Crippen LogP contribution in [0.2, 0.25) is 0 Å². The van der Waals surface area contributed by atoms with Crippen molar-refractivity contribution < 1.29 is 4.52 Å². The molecular formula is C20H29N3O. The van der Waals surface area contributed by atoms with Crippen LogP contribution in [0.3, 0.4) is 0 Å². The van der Waals surface area contributed by atoms with Crippen molar-refractivity contribution in [1.29, 1.82) is 0 Å². The van der Waals surface area contributed by atoms with Crippen LogP contribution in [0.5, 0.6) is 0 Å². The molecule has 0 radical (unpaired) electrons. The Bertz CT molecular complexity index is 639. The van der Waals surface area contributed by atoms with E-state index in [-0.39, 0.29) is 0 Å². The van der Waals surface area contributed by atoms with Gasteiger partial charge in [-0.15, -0.1) is 0 Å². The minimum absolute atomic E-state index is 0.562. The van der Waals surface area contributed by atoms with Crippen LogP contribution in [0.1, 0.15) is 50.1 Å². The summed E-state index contributed by atoms with van der Waals surface area (Å²) >= 11 is 0. The zero-order chi connectivity index (χ0) is 16.2. The van der Waals surface area contributed by atoms with Crippen molar-refractivity contribution in [2.75, 3.05) is 39.3 Å². The first-order valence-electron chi connectivity index (χ1n) is 9.69. The maximum Gasteiger partial charge on any atom is 0.167 e. The van der Waals surface area contributed by atoms with Gasteiger partial charge >= 0.3 is 0 Å². The fourth-order valence-corrected chi connectivity index (χ4v) is 4.33. The third-order valence-corrected chi connectivity index (χ3v) is 5.78. The molecule has 4 rings (SSSR count). The van der Waals surface area contributed by atoms with Gasteiger partial charge in [0.15, 0.2) is 5.58 Å². The first-order valence-corrected chi connectivity index (χ1v) is 9.69. The second-order valence-electron chi connectivity index (χ2n) is 7.44. The predicted molar refractivity (Wildman–Crippen MR) is 97.3 cm³/mol. The molecule has 130 valence electrons. The van der Waals surface area contributed by atoms with Crippen LogP contribution in [0, 0.1) is 0 Å². The number of nitrogens with zero attached hydrogens (tertiary/aromatic N) is 3. The molecule has 0 unspecified atom stereocenters. The molecule has 4 heteroatoms. The third-order valence-electron chi connectivity index (χ3n) is 5.78. The van der Waals surface area contributed by atoms with Gasteiger partial charge in [0.25, 0.3) is 0 Å². The van der Waals surface area contributed by atoms with Crippen LogP contribution in [0.25, 0.3) is 11.0 Å². The van der Waals surface area contributed by atoms with Crippen molar-refractivity contribution in [3.8, 4) is 0 Å². The number of likely N-dealkylation sites (tertiary alicyclic amines) is 2. The number of benzene rings is 1. The quantitative estimate of drug-likeness (QED) is 0.834. The van der Waals surface area contributed by atoms with Crippen LogP contribution in [0.15, 0.2) is 28.8 Å². The van der Waals surface area contributed by atoms with E-state index in [1.54, 1.807) is 0 Å². The highest BCUT2D eigenvalue weighted by atomic mass is 16.5. The van der Waals surface area contributed by atoms with Crippen LogP contribution < -0.4 is 0 Å². The van der Waals surface area contributed by atoms with Crippen molar-refractivity contribution in [1.82, 2.24) is 15.0 Å². The molecule has 0 spiro atoms. The van der Waals surface area contributed by atoms with Crippen LogP contribution >= 0.6 is 0 Å². The van der Waals surface area contributed by atoms with Gasteiger partial charge in [0, 0.05) is 11.3 Å². The fraction of sp³-hybridized carbons (Fsp3) is 0.650. The summed E-state index contributed by atoms with van der Waals surface area (Å²) in [6.45, 7) is 7.58. The topological polar surface area (TPSA) is 32.5 Å². The molecule has 0 amide bonds. The first kappa shape index (κ1) is 16.1. The summed E-state index contributed by atoms with van der Waals surface area (Å²) in [6, 6.07) is 8.26. The summed E-state index contributed by atoms with van der Waals surface area (Å²) in [4.78, 5) is 5.29. The van der Waals surface area contributed by atoms with E-state index in [9.17, 15) is 0 Å². The molecule has 2 saturated heterocycles. The molecule has 0 saturated carbocycles. The van der Waals surface area contributed by atoms with E-state index in [2.05, 4.69) is 27.1 Å². The molecule has 0 aliphatic carbocycles. The minimum atomic E-state index is 0.562. The van der Waals surface area contributed by atoms with E-state index in [4.69, 9.17) is 4.52 Å². The lowest BCUT2D eigenvalue weighted by molar-refractivity contribution is 0.179. The maximum absolute atomic E-state index is 5.49. The van der Waals surface area contributed by atoms with E-state index < -0.39 is 0 Å². The van der Waals surface area contributed by atoms with Gasteiger partial charge < -0.3 is 14.3 Å². The Morgan fingerprint density at radius 1 is 0.917 bits per heavy atom. The lowest BCUT2D eigenvalue weighted by atomic mass is 9.91. The van der Waals surface area contributed by atoms with Crippen molar-refractivity contribution in [3.63, 3.8) is 0 Å². The largest absolute Gasteiger partial charge is 0.356 e. The summed E-state index contributed by atoms with van der Waals surface area (Å²) in [7, 11) is 0. The lowest BCUT2D eigenvalue weighted by Gasteiger charge is -2.32. The molecule has 24 heavy (non-hydrogen) atoms. The zero-order valence-electron chi connectivity index (χ0n) is 14.6. The molecule has 2 aliphatic heterocycles. The molecule has 1 aromatic heterocycles. The fourth-order valence-electron chi connectivity index (χ4n) is 4.33. The maximum atomic E-state index is 5.49. The number of para-hydroxylation sites is 1. The second kappa shape index (κ2) is 7.66. The van der Waals surface area contributed by atoms with Gasteiger partial charge in [0.2, 0.25) is 0 Å². The van der Waals surface area contributed by atoms with Crippen molar-refractivity contribution >= 4 is 11.0 Å². The average Bonchev–Trinajstić information content (AvgIpc) is 3.07. The summed E-state index contributed by atoms with van der Waals surface area (Å²) in [6.07, 6.45) is 7.97. The van der Waals surface area contributed by atoms with Crippen LogP contribution in [-0.2, 0) is 0 Å². The van der Waals surface area contributed by atoms with Crippen LogP contribution in [0.4, 0.5) is 0 Å². The standard InChI is InChI=1S/C20H29N3O/c1-4-11-22(12-5-1)13-6-14-23-15-9-17(10-16-23)20-18-7-2-3-8-19(18)24-21-20/h2-3,7-8,17H,1,4-6,9-16H2. The number of piperidine rings is 2. The van der Waals surface area contributed by atoms with E-state index in [0.717, 1.165) is 5.58 Å². The highest BCUT2D eigenvalue weighted by Crippen LogP contribution is 2.32. The van der Waals surface area contributed by atoms with Gasteiger partial charge in [0.05, 0.1) is 5.69 Å². The summed E-state index contributed by atoms with van der Waals surface area (Å²) in [5.74, 6) is 0.562. The first-order chi connectivity index (χ1) is 11.9. The van der Waals surface area contributed by atoms with Crippen LogP contribution in [-0.4, -0.2) is 54.2 Å². The van der Waals surface area contributed by atoms with Gasteiger partial charge in [-0.3, -0.25) is 0 Å². The van der Waals surface area contributed by atoms with E-state index in [0.29, 0.717) is 5.92 Å². The second-order valence-corrected chi connectivity index (χ2v) is 7.44. The third kappa shape index (κ3) is 3.65. The average molecular weight is 327 g/mol. The van der Waals surface area contributed by atoms with E-state index in [1.807, 2.05) is 12.1 Å². The number of fused-ring (bicyclic) bond motifs is 1. The monoisotopic (exact) mass is 327 g/mol. The van der Waals surface area contributed by atoms with Crippen molar-refractivity contribution in [3.05, 3.63) is 30.0 Å². The Morgan fingerprint density at radius 3 is 2.42 bits per heavy atom. The Balaban J connectivity index is 1.24. The van der Waals surface area contributed by atoms with Gasteiger partial charge in [-0.25, -0.2) is 0 Å². The van der Waals surface area contributed by atoms with Gasteiger partial charge in [-0.1, -0.05) is 23.7 Å². The molecule has 1 aromatic carbocycles. The molecule has 2 aromatic rings. The Hall–Kier alpha value is -1.39. The van der Waals surface area contributed by atoms with Gasteiger partial charge in [-0.2, -0.15) is 0 Å². The summed E-state index contributed by atoms with van der Waals surface area (Å²) < 4.78 is 5.49. The Morgan fingerprint density at radius 2 is 1.62 bits per heavy atom. The number of hydrogen-bond donors (Lipinski definition) is 0. The lowest BCUT2D eigenvalue weighted by Crippen LogP contribution is -2.36. The van der Waals surface area contributed by atoms with E-state index >= 15 is 0 Å². The molecule has 0 N–H and O–H groups in total. The van der Waals surface area contributed by atoms with Crippen molar-refractivity contribution in [2.24, 2.45) is 0 Å². The highest BCUT2D eigenvalue weighted by molar-refractivity contribution is 5.79. The number of aromatic nitrogens is 1. The van der Waals surface area contributed by atoms with Gasteiger partial charge in [0.1, 0.15) is 0 Å². The molecule has 4 nitrogen and oxygen atoms in total. The van der Waals surface area contributed by atoms with Gasteiger partial charge in [-0.05, 0) is 83.5 Å². The molecule has 0 atom stereocenters. The normalized spacial score (nSPS) is 21.5. The molecule has 2 fully saturated rings. The molecular weight excluding hydrogens is 298 g/mol. The zero-order valence-corrected chi connectivity index (χ0v) is 14.6. The minimum Gasteiger partial charge on any atom is -0.356 e. The SMILES string of the molecule is c1ccc2c(C3CCN(CCCN4CCCCC4)CC3)noc2c1. The smallest absolute Gasteiger partial charge is 0.167 e. The molecule has 3 heterocycles. The molecule has 0 bridgehead atoms. The predicted octanol–water partition coefficient (Wildman–Crippen LogP) is 3.88. The highest BCUT2D eigenvalue weighted by Gasteiger charge is 2.24.